The van der Waals surface area contributed by atoms with Crippen LogP contribution in [0.25, 0.3) is 10.8 Å². The number of ether oxygens (including phenoxy) is 1. The molecule has 1 heterocycles. The van der Waals surface area contributed by atoms with Crippen molar-refractivity contribution in [3.8, 4) is 5.75 Å². The van der Waals surface area contributed by atoms with E-state index in [9.17, 15) is 4.79 Å². The summed E-state index contributed by atoms with van der Waals surface area (Å²) in [4.78, 5) is 14.7. The van der Waals surface area contributed by atoms with Crippen LogP contribution >= 0.6 is 11.8 Å². The molecule has 1 fully saturated rings. The number of amidine groups is 1. The first kappa shape index (κ1) is 20.2. The van der Waals surface area contributed by atoms with Gasteiger partial charge < -0.3 is 4.74 Å². The second kappa shape index (κ2) is 9.13. The lowest BCUT2D eigenvalue weighted by Gasteiger charge is -2.17. The van der Waals surface area contributed by atoms with E-state index in [4.69, 9.17) is 4.74 Å². The summed E-state index contributed by atoms with van der Waals surface area (Å²) in [6.07, 6.45) is 2.45. The maximum atomic E-state index is 12.9. The Kier molecular flexibility index (Phi) is 6.14. The van der Waals surface area contributed by atoms with E-state index in [2.05, 4.69) is 34.5 Å². The molecule has 1 aliphatic rings. The van der Waals surface area contributed by atoms with Gasteiger partial charge in [0.15, 0.2) is 5.17 Å². The molecular weight excluding hydrogens is 394 g/mol. The summed E-state index contributed by atoms with van der Waals surface area (Å²) in [7, 11) is 1.64. The van der Waals surface area contributed by atoms with E-state index in [1.165, 1.54) is 11.8 Å². The van der Waals surface area contributed by atoms with Crippen molar-refractivity contribution in [1.82, 2.24) is 4.90 Å². The molecule has 0 aliphatic carbocycles. The van der Waals surface area contributed by atoms with E-state index in [0.29, 0.717) is 11.7 Å². The van der Waals surface area contributed by atoms with Crippen molar-refractivity contribution in [2.24, 2.45) is 10.2 Å². The van der Waals surface area contributed by atoms with Gasteiger partial charge in [-0.25, -0.2) is 0 Å². The molecule has 1 saturated heterocycles. The highest BCUT2D eigenvalue weighted by atomic mass is 32.2. The minimum absolute atomic E-state index is 0.0915. The number of carbonyl (C=O) groups excluding carboxylic acids is 1. The molecule has 0 radical (unpaired) electrons. The number of methoxy groups -OCH3 is 1. The largest absolute Gasteiger partial charge is 0.497 e. The lowest BCUT2D eigenvalue weighted by atomic mass is 10.0. The van der Waals surface area contributed by atoms with Crippen molar-refractivity contribution in [3.05, 3.63) is 77.9 Å². The molecule has 1 aliphatic heterocycles. The number of carbonyl (C=O) groups is 1. The van der Waals surface area contributed by atoms with Gasteiger partial charge in [0, 0.05) is 0 Å². The fourth-order valence-corrected chi connectivity index (χ4v) is 4.45. The first-order valence-corrected chi connectivity index (χ1v) is 10.8. The van der Waals surface area contributed by atoms with E-state index in [-0.39, 0.29) is 11.2 Å². The van der Waals surface area contributed by atoms with Gasteiger partial charge in [-0.3, -0.25) is 9.69 Å². The van der Waals surface area contributed by atoms with Gasteiger partial charge in [-0.05, 0) is 52.6 Å². The Morgan fingerprint density at radius 3 is 2.60 bits per heavy atom. The lowest BCUT2D eigenvalue weighted by molar-refractivity contribution is -0.126. The third kappa shape index (κ3) is 4.24. The Morgan fingerprint density at radius 1 is 1.07 bits per heavy atom. The van der Waals surface area contributed by atoms with Gasteiger partial charge in [-0.2, -0.15) is 5.10 Å². The summed E-state index contributed by atoms with van der Waals surface area (Å²) in [6.45, 7) is 2.51. The predicted octanol–water partition coefficient (Wildman–Crippen LogP) is 5.09. The van der Waals surface area contributed by atoms with Crippen molar-refractivity contribution in [3.63, 3.8) is 0 Å². The zero-order valence-corrected chi connectivity index (χ0v) is 17.8. The number of hydrogen-bond acceptors (Lipinski definition) is 5. The summed E-state index contributed by atoms with van der Waals surface area (Å²) in [6, 6.07) is 22.0. The average molecular weight is 418 g/mol. The Bertz CT molecular complexity index is 1100. The van der Waals surface area contributed by atoms with E-state index >= 15 is 0 Å². The van der Waals surface area contributed by atoms with Crippen LogP contribution in [0.5, 0.6) is 5.75 Å². The third-order valence-electron chi connectivity index (χ3n) is 5.07. The molecular formula is C24H23N3O2S. The van der Waals surface area contributed by atoms with Gasteiger partial charge in [0.25, 0.3) is 0 Å². The van der Waals surface area contributed by atoms with Crippen LogP contribution < -0.4 is 4.74 Å². The van der Waals surface area contributed by atoms with Crippen molar-refractivity contribution in [2.75, 3.05) is 7.11 Å². The Hall–Kier alpha value is -3.12. The van der Waals surface area contributed by atoms with Crippen LogP contribution in [-0.4, -0.2) is 34.5 Å². The Balaban J connectivity index is 1.59. The van der Waals surface area contributed by atoms with Crippen LogP contribution in [-0.2, 0) is 11.3 Å². The maximum absolute atomic E-state index is 12.9. The second-order valence-corrected chi connectivity index (χ2v) is 8.15. The summed E-state index contributed by atoms with van der Waals surface area (Å²) in [5.74, 6) is 0.885. The van der Waals surface area contributed by atoms with Crippen LogP contribution in [0, 0.1) is 0 Å². The van der Waals surface area contributed by atoms with E-state index < -0.39 is 0 Å². The molecule has 30 heavy (non-hydrogen) atoms. The SMILES string of the molecule is CCC1S/C(=N/N=C/c2ccc(OC)cc2)N(Cc2cccc3ccccc23)C1=O. The van der Waals surface area contributed by atoms with Gasteiger partial charge in [-0.1, -0.05) is 61.2 Å². The monoisotopic (exact) mass is 417 g/mol. The molecule has 1 unspecified atom stereocenters. The molecule has 3 aromatic carbocycles. The number of rotatable bonds is 6. The first-order valence-electron chi connectivity index (χ1n) is 9.89. The van der Waals surface area contributed by atoms with Crippen LogP contribution in [0.4, 0.5) is 0 Å². The third-order valence-corrected chi connectivity index (χ3v) is 6.40. The lowest BCUT2D eigenvalue weighted by Crippen LogP contribution is -2.31. The summed E-state index contributed by atoms with van der Waals surface area (Å²) in [5, 5.41) is 11.5. The molecule has 152 valence electrons. The molecule has 5 nitrogen and oxygen atoms in total. The number of amides is 1. The second-order valence-electron chi connectivity index (χ2n) is 6.98. The maximum Gasteiger partial charge on any atom is 0.242 e. The van der Waals surface area contributed by atoms with Crippen LogP contribution in [0.1, 0.15) is 24.5 Å². The number of thioether (sulfide) groups is 1. The van der Waals surface area contributed by atoms with E-state index in [1.807, 2.05) is 49.4 Å². The fraction of sp³-hybridized carbons (Fsp3) is 0.208. The molecule has 1 atom stereocenters. The number of nitrogens with zero attached hydrogens (tertiary/aromatic N) is 3. The number of fused-ring (bicyclic) bond motifs is 1. The van der Waals surface area contributed by atoms with Gasteiger partial charge in [0.2, 0.25) is 5.91 Å². The van der Waals surface area contributed by atoms with Gasteiger partial charge in [0.05, 0.1) is 25.1 Å². The summed E-state index contributed by atoms with van der Waals surface area (Å²) < 4.78 is 5.17. The molecule has 0 N–H and O–H groups in total. The number of hydrogen-bond donors (Lipinski definition) is 0. The van der Waals surface area contributed by atoms with Crippen LogP contribution in [0.2, 0.25) is 0 Å². The standard InChI is InChI=1S/C24H23N3O2S/c1-3-22-23(28)27(16-19-9-6-8-18-7-4-5-10-21(18)19)24(30-22)26-25-15-17-11-13-20(29-2)14-12-17/h4-15,22H,3,16H2,1-2H3/b25-15+,26-24+. The van der Waals surface area contributed by atoms with Crippen molar-refractivity contribution in [2.45, 2.75) is 25.1 Å². The molecule has 1 amide bonds. The van der Waals surface area contributed by atoms with Crippen molar-refractivity contribution in [1.29, 1.82) is 0 Å². The van der Waals surface area contributed by atoms with Crippen LogP contribution in [0.15, 0.2) is 76.9 Å². The first-order chi connectivity index (χ1) is 14.7. The molecule has 0 bridgehead atoms. The van der Waals surface area contributed by atoms with Gasteiger partial charge >= 0.3 is 0 Å². The van der Waals surface area contributed by atoms with Gasteiger partial charge in [-0.15, -0.1) is 5.10 Å². The van der Waals surface area contributed by atoms with Crippen molar-refractivity contribution >= 4 is 39.8 Å². The average Bonchev–Trinajstić information content (AvgIpc) is 3.09. The molecule has 4 rings (SSSR count). The van der Waals surface area contributed by atoms with Crippen LogP contribution in [0.3, 0.4) is 0 Å². The molecule has 3 aromatic rings. The Labute approximate surface area is 180 Å². The minimum Gasteiger partial charge on any atom is -0.497 e. The molecule has 0 aromatic heterocycles. The zero-order chi connectivity index (χ0) is 20.9. The van der Waals surface area contributed by atoms with Gasteiger partial charge in [0.1, 0.15) is 5.75 Å². The summed E-state index contributed by atoms with van der Waals surface area (Å²) in [5.41, 5.74) is 2.02. The topological polar surface area (TPSA) is 54.3 Å². The normalized spacial score (nSPS) is 18.1. The van der Waals surface area contributed by atoms with E-state index in [0.717, 1.165) is 34.1 Å². The molecule has 0 saturated carbocycles. The summed E-state index contributed by atoms with van der Waals surface area (Å²) >= 11 is 1.49. The zero-order valence-electron chi connectivity index (χ0n) is 17.0. The molecule has 6 heteroatoms. The van der Waals surface area contributed by atoms with E-state index in [1.54, 1.807) is 18.2 Å². The predicted molar refractivity (Wildman–Crippen MR) is 124 cm³/mol. The highest BCUT2D eigenvalue weighted by molar-refractivity contribution is 8.15. The van der Waals surface area contributed by atoms with Crippen molar-refractivity contribution < 1.29 is 9.53 Å². The minimum atomic E-state index is -0.116. The fourth-order valence-electron chi connectivity index (χ4n) is 3.43. The number of benzene rings is 3. The highest BCUT2D eigenvalue weighted by Crippen LogP contribution is 2.32. The quantitative estimate of drug-likeness (QED) is 0.415. The Morgan fingerprint density at radius 2 is 1.83 bits per heavy atom. The smallest absolute Gasteiger partial charge is 0.242 e. The highest BCUT2D eigenvalue weighted by Gasteiger charge is 2.37. The molecule has 0 spiro atoms.